The molecule has 2 amide bonds. The van der Waals surface area contributed by atoms with Crippen LogP contribution in [0, 0.1) is 12.7 Å². The van der Waals surface area contributed by atoms with Crippen LogP contribution in [-0.4, -0.2) is 16.8 Å². The van der Waals surface area contributed by atoms with Crippen molar-refractivity contribution in [2.45, 2.75) is 6.92 Å². The molecule has 4 N–H and O–H groups in total. The molecule has 0 spiro atoms. The minimum atomic E-state index is -1.11. The molecule has 0 aliphatic carbocycles. The number of amides is 2. The third kappa shape index (κ3) is 3.53. The van der Waals surface area contributed by atoms with Crippen molar-refractivity contribution in [2.75, 3.05) is 10.6 Å². The van der Waals surface area contributed by atoms with Gasteiger partial charge in [0.1, 0.15) is 5.82 Å². The summed E-state index contributed by atoms with van der Waals surface area (Å²) >= 11 is 0. The Morgan fingerprint density at radius 3 is 2.71 bits per heavy atom. The molecule has 1 aromatic heterocycles. The Kier molecular flexibility index (Phi) is 4.13. The quantitative estimate of drug-likeness (QED) is 0.749. The number of primary amides is 1. The Labute approximate surface area is 120 Å². The van der Waals surface area contributed by atoms with Crippen molar-refractivity contribution in [3.8, 4) is 0 Å². The molecule has 0 saturated heterocycles. The van der Waals surface area contributed by atoms with Gasteiger partial charge in [0.2, 0.25) is 0 Å². The lowest BCUT2D eigenvalue weighted by Crippen LogP contribution is -2.29. The van der Waals surface area contributed by atoms with Gasteiger partial charge in [-0.25, -0.2) is 9.37 Å². The predicted molar refractivity (Wildman–Crippen MR) is 76.5 cm³/mol. The van der Waals surface area contributed by atoms with Crippen LogP contribution in [-0.2, 0) is 9.59 Å². The molecule has 0 aliphatic rings. The van der Waals surface area contributed by atoms with Crippen LogP contribution >= 0.6 is 0 Å². The fraction of sp³-hybridized carbons (Fsp3) is 0.0714. The van der Waals surface area contributed by atoms with Gasteiger partial charge >= 0.3 is 11.8 Å². The number of hydrogen-bond acceptors (Lipinski definition) is 4. The van der Waals surface area contributed by atoms with Gasteiger partial charge in [0.15, 0.2) is 5.82 Å². The fourth-order valence-electron chi connectivity index (χ4n) is 1.60. The molecule has 0 aliphatic heterocycles. The average molecular weight is 288 g/mol. The molecule has 0 bridgehead atoms. The normalized spacial score (nSPS) is 10.0. The molecule has 2 rings (SSSR count). The number of halogens is 1. The third-order valence-corrected chi connectivity index (χ3v) is 2.71. The average Bonchev–Trinajstić information content (AvgIpc) is 2.45. The zero-order valence-corrected chi connectivity index (χ0v) is 11.2. The van der Waals surface area contributed by atoms with Crippen LogP contribution in [0.2, 0.25) is 0 Å². The van der Waals surface area contributed by atoms with Crippen molar-refractivity contribution in [3.63, 3.8) is 0 Å². The Morgan fingerprint density at radius 1 is 1.29 bits per heavy atom. The van der Waals surface area contributed by atoms with E-state index >= 15 is 0 Å². The molecular formula is C14H13FN4O2. The number of nitrogens with one attached hydrogen (secondary N) is 2. The molecule has 6 nitrogen and oxygen atoms in total. The van der Waals surface area contributed by atoms with Gasteiger partial charge in [-0.05, 0) is 36.8 Å². The molecule has 1 heterocycles. The van der Waals surface area contributed by atoms with E-state index in [9.17, 15) is 14.0 Å². The van der Waals surface area contributed by atoms with E-state index in [0.29, 0.717) is 11.3 Å². The molecule has 0 saturated carbocycles. The van der Waals surface area contributed by atoms with Crippen LogP contribution in [0.4, 0.5) is 21.6 Å². The second-order valence-electron chi connectivity index (χ2n) is 4.31. The summed E-state index contributed by atoms with van der Waals surface area (Å²) in [6.45, 7) is 1.65. The SMILES string of the molecule is Cc1ccc(Nc2ncccc2NC(=O)C(N)=O)cc1F. The van der Waals surface area contributed by atoms with Crippen LogP contribution in [0.3, 0.4) is 0 Å². The highest BCUT2D eigenvalue weighted by Gasteiger charge is 2.12. The zero-order chi connectivity index (χ0) is 15.4. The molecule has 21 heavy (non-hydrogen) atoms. The first kappa shape index (κ1) is 14.4. The van der Waals surface area contributed by atoms with Gasteiger partial charge in [-0.3, -0.25) is 9.59 Å². The number of pyridine rings is 1. The number of carbonyl (C=O) groups excluding carboxylic acids is 2. The van der Waals surface area contributed by atoms with Crippen molar-refractivity contribution in [3.05, 3.63) is 47.9 Å². The summed E-state index contributed by atoms with van der Waals surface area (Å²) < 4.78 is 13.5. The van der Waals surface area contributed by atoms with E-state index in [-0.39, 0.29) is 17.3 Å². The van der Waals surface area contributed by atoms with Gasteiger partial charge in [-0.2, -0.15) is 0 Å². The summed E-state index contributed by atoms with van der Waals surface area (Å²) in [7, 11) is 0. The third-order valence-electron chi connectivity index (χ3n) is 2.71. The number of benzene rings is 1. The number of aromatic nitrogens is 1. The second-order valence-corrected chi connectivity index (χ2v) is 4.31. The highest BCUT2D eigenvalue weighted by atomic mass is 19.1. The van der Waals surface area contributed by atoms with Crippen LogP contribution in [0.5, 0.6) is 0 Å². The Balaban J connectivity index is 2.25. The maximum absolute atomic E-state index is 13.5. The van der Waals surface area contributed by atoms with Gasteiger partial charge in [0.05, 0.1) is 5.69 Å². The first-order valence-corrected chi connectivity index (χ1v) is 6.06. The van der Waals surface area contributed by atoms with Gasteiger partial charge in [-0.1, -0.05) is 6.07 Å². The van der Waals surface area contributed by atoms with Crippen LogP contribution < -0.4 is 16.4 Å². The second kappa shape index (κ2) is 6.00. The maximum Gasteiger partial charge on any atom is 0.313 e. The Hall–Kier alpha value is -2.96. The minimum absolute atomic E-state index is 0.266. The van der Waals surface area contributed by atoms with E-state index in [1.165, 1.54) is 12.3 Å². The zero-order valence-electron chi connectivity index (χ0n) is 11.2. The largest absolute Gasteiger partial charge is 0.361 e. The number of hydrogen-bond donors (Lipinski definition) is 3. The highest BCUT2D eigenvalue weighted by molar-refractivity contribution is 6.39. The summed E-state index contributed by atoms with van der Waals surface area (Å²) in [5, 5.41) is 5.19. The summed E-state index contributed by atoms with van der Waals surface area (Å²) in [6, 6.07) is 7.72. The maximum atomic E-state index is 13.5. The number of aryl methyl sites for hydroxylation is 1. The van der Waals surface area contributed by atoms with Gasteiger partial charge < -0.3 is 16.4 Å². The highest BCUT2D eigenvalue weighted by Crippen LogP contribution is 2.23. The van der Waals surface area contributed by atoms with E-state index in [4.69, 9.17) is 5.73 Å². The smallest absolute Gasteiger partial charge is 0.313 e. The fourth-order valence-corrected chi connectivity index (χ4v) is 1.60. The van der Waals surface area contributed by atoms with Crippen molar-refractivity contribution in [2.24, 2.45) is 5.73 Å². The first-order chi connectivity index (χ1) is 9.97. The van der Waals surface area contributed by atoms with E-state index in [0.717, 1.165) is 0 Å². The lowest BCUT2D eigenvalue weighted by atomic mass is 10.2. The van der Waals surface area contributed by atoms with Crippen molar-refractivity contribution in [1.29, 1.82) is 0 Å². The molecule has 1 aromatic carbocycles. The monoisotopic (exact) mass is 288 g/mol. The molecule has 0 unspecified atom stereocenters. The topological polar surface area (TPSA) is 97.1 Å². The van der Waals surface area contributed by atoms with E-state index in [1.54, 1.807) is 31.2 Å². The predicted octanol–water partition coefficient (Wildman–Crippen LogP) is 1.70. The van der Waals surface area contributed by atoms with Gasteiger partial charge in [0, 0.05) is 11.9 Å². The van der Waals surface area contributed by atoms with E-state index in [2.05, 4.69) is 15.6 Å². The van der Waals surface area contributed by atoms with E-state index < -0.39 is 11.8 Å². The van der Waals surface area contributed by atoms with Crippen LogP contribution in [0.15, 0.2) is 36.5 Å². The van der Waals surface area contributed by atoms with Crippen molar-refractivity contribution >= 4 is 29.0 Å². The first-order valence-electron chi connectivity index (χ1n) is 6.06. The summed E-state index contributed by atoms with van der Waals surface area (Å²) in [6.07, 6.45) is 1.49. The summed E-state index contributed by atoms with van der Waals surface area (Å²) in [5.41, 5.74) is 6.13. The van der Waals surface area contributed by atoms with E-state index in [1.807, 2.05) is 0 Å². The minimum Gasteiger partial charge on any atom is -0.361 e. The number of carbonyl (C=O) groups is 2. The van der Waals surface area contributed by atoms with Crippen molar-refractivity contribution < 1.29 is 14.0 Å². The number of nitrogens with zero attached hydrogens (tertiary/aromatic N) is 1. The number of rotatable bonds is 3. The Bertz CT molecular complexity index is 703. The van der Waals surface area contributed by atoms with Gasteiger partial charge in [0.25, 0.3) is 0 Å². The molecule has 0 fully saturated rings. The van der Waals surface area contributed by atoms with Crippen LogP contribution in [0.1, 0.15) is 5.56 Å². The molecule has 108 valence electrons. The lowest BCUT2D eigenvalue weighted by molar-refractivity contribution is -0.134. The number of nitrogens with two attached hydrogens (primary N) is 1. The molecule has 7 heteroatoms. The molecule has 2 aromatic rings. The van der Waals surface area contributed by atoms with Crippen LogP contribution in [0.25, 0.3) is 0 Å². The summed E-state index contributed by atoms with van der Waals surface area (Å²) in [5.74, 6) is -2.15. The van der Waals surface area contributed by atoms with Gasteiger partial charge in [-0.15, -0.1) is 0 Å². The molecular weight excluding hydrogens is 275 g/mol. The Morgan fingerprint density at radius 2 is 2.05 bits per heavy atom. The number of anilines is 3. The standard InChI is InChI=1S/C14H13FN4O2/c1-8-4-5-9(7-10(8)15)18-13-11(3-2-6-17-13)19-14(21)12(16)20/h2-7H,1H3,(H2,16,20)(H,17,18)(H,19,21). The van der Waals surface area contributed by atoms with Crippen molar-refractivity contribution in [1.82, 2.24) is 4.98 Å². The molecule has 0 radical (unpaired) electrons. The lowest BCUT2D eigenvalue weighted by Gasteiger charge is -2.11. The molecule has 0 atom stereocenters. The summed E-state index contributed by atoms with van der Waals surface area (Å²) in [4.78, 5) is 26.1.